The predicted octanol–water partition coefficient (Wildman–Crippen LogP) is 1.38. The molecule has 140 valence electrons. The smallest absolute Gasteiger partial charge is 0.255 e. The molecule has 2 aliphatic heterocycles. The molecule has 0 bridgehead atoms. The number of fused-ring (bicyclic) bond motifs is 1. The van der Waals surface area contributed by atoms with Crippen LogP contribution in [-0.4, -0.2) is 69.9 Å². The van der Waals surface area contributed by atoms with Crippen molar-refractivity contribution in [2.45, 2.75) is 13.0 Å². The summed E-state index contributed by atoms with van der Waals surface area (Å²) in [5.41, 5.74) is 2.76. The lowest BCUT2D eigenvalue weighted by Crippen LogP contribution is -2.47. The summed E-state index contributed by atoms with van der Waals surface area (Å²) >= 11 is 0. The Labute approximate surface area is 159 Å². The average Bonchev–Trinajstić information content (AvgIpc) is 2.74. The molecule has 1 fully saturated rings. The Morgan fingerprint density at radius 1 is 1.19 bits per heavy atom. The highest BCUT2D eigenvalue weighted by molar-refractivity contribution is 5.94. The van der Waals surface area contributed by atoms with E-state index in [1.165, 1.54) is 5.56 Å². The fourth-order valence-corrected chi connectivity index (χ4v) is 3.78. The Morgan fingerprint density at radius 3 is 2.78 bits per heavy atom. The van der Waals surface area contributed by atoms with Gasteiger partial charge in [-0.15, -0.1) is 6.58 Å². The monoisotopic (exact) mass is 364 g/mol. The van der Waals surface area contributed by atoms with Gasteiger partial charge in [0.25, 0.3) is 5.91 Å². The Kier molecular flexibility index (Phi) is 5.11. The van der Waals surface area contributed by atoms with Crippen LogP contribution in [0.3, 0.4) is 0 Å². The molecule has 2 aromatic rings. The fourth-order valence-electron chi connectivity index (χ4n) is 3.78. The molecule has 27 heavy (non-hydrogen) atoms. The molecule has 0 aromatic carbocycles. The second kappa shape index (κ2) is 7.84. The molecule has 1 saturated heterocycles. The number of amides is 1. The molecule has 7 heteroatoms. The number of aromatic nitrogens is 3. The summed E-state index contributed by atoms with van der Waals surface area (Å²) < 4.78 is 0. The lowest BCUT2D eigenvalue weighted by Gasteiger charge is -2.37. The van der Waals surface area contributed by atoms with Crippen molar-refractivity contribution in [3.8, 4) is 0 Å². The van der Waals surface area contributed by atoms with E-state index in [9.17, 15) is 4.79 Å². The number of piperazine rings is 1. The summed E-state index contributed by atoms with van der Waals surface area (Å²) in [6.07, 6.45) is 7.66. The zero-order chi connectivity index (χ0) is 18.6. The highest BCUT2D eigenvalue weighted by Gasteiger charge is 2.27. The van der Waals surface area contributed by atoms with Crippen molar-refractivity contribution in [3.05, 3.63) is 60.3 Å². The van der Waals surface area contributed by atoms with Crippen LogP contribution in [0.25, 0.3) is 0 Å². The van der Waals surface area contributed by atoms with E-state index in [0.29, 0.717) is 18.7 Å². The third kappa shape index (κ3) is 3.68. The number of rotatable bonds is 4. The lowest BCUT2D eigenvalue weighted by atomic mass is 10.0. The first-order chi connectivity index (χ1) is 13.3. The minimum absolute atomic E-state index is 0.00644. The fraction of sp³-hybridized carbons (Fsp3) is 0.400. The first-order valence-electron chi connectivity index (χ1n) is 9.36. The van der Waals surface area contributed by atoms with E-state index in [2.05, 4.69) is 31.3 Å². The van der Waals surface area contributed by atoms with Gasteiger partial charge in [-0.3, -0.25) is 14.7 Å². The standard InChI is InChI=1S/C20H24N6O/c1-2-7-24-9-11-25(12-10-24)19-17-5-8-26(14-18(17)22-15-23-19)20(27)16-4-3-6-21-13-16/h2-4,6,13,15H,1,5,7-12,14H2. The molecule has 7 nitrogen and oxygen atoms in total. The summed E-state index contributed by atoms with van der Waals surface area (Å²) in [4.78, 5) is 32.4. The molecule has 2 aliphatic rings. The molecule has 0 aliphatic carbocycles. The van der Waals surface area contributed by atoms with Crippen molar-refractivity contribution < 1.29 is 4.79 Å². The first kappa shape index (κ1) is 17.6. The average molecular weight is 364 g/mol. The van der Waals surface area contributed by atoms with Crippen molar-refractivity contribution >= 4 is 11.7 Å². The van der Waals surface area contributed by atoms with Gasteiger partial charge in [-0.1, -0.05) is 6.08 Å². The number of hydrogen-bond donors (Lipinski definition) is 0. The molecule has 0 unspecified atom stereocenters. The minimum atomic E-state index is 0.00644. The first-order valence-corrected chi connectivity index (χ1v) is 9.36. The summed E-state index contributed by atoms with van der Waals surface area (Å²) in [5.74, 6) is 1.04. The van der Waals surface area contributed by atoms with Crippen molar-refractivity contribution in [1.29, 1.82) is 0 Å². The summed E-state index contributed by atoms with van der Waals surface area (Å²) in [5, 5.41) is 0. The Hall–Kier alpha value is -2.80. The van der Waals surface area contributed by atoms with Gasteiger partial charge in [0.1, 0.15) is 12.1 Å². The van der Waals surface area contributed by atoms with Gasteiger partial charge in [-0.25, -0.2) is 9.97 Å². The topological polar surface area (TPSA) is 65.5 Å². The van der Waals surface area contributed by atoms with E-state index in [0.717, 1.165) is 50.7 Å². The minimum Gasteiger partial charge on any atom is -0.354 e. The number of carbonyl (C=O) groups excluding carboxylic acids is 1. The second-order valence-corrected chi connectivity index (χ2v) is 6.92. The van der Waals surface area contributed by atoms with Crippen LogP contribution in [0.5, 0.6) is 0 Å². The van der Waals surface area contributed by atoms with Crippen LogP contribution in [0.2, 0.25) is 0 Å². The third-order valence-electron chi connectivity index (χ3n) is 5.24. The van der Waals surface area contributed by atoms with Crippen molar-refractivity contribution in [1.82, 2.24) is 24.8 Å². The molecular formula is C20H24N6O. The molecule has 4 rings (SSSR count). The molecule has 2 aromatic heterocycles. The third-order valence-corrected chi connectivity index (χ3v) is 5.24. The maximum Gasteiger partial charge on any atom is 0.255 e. The predicted molar refractivity (Wildman–Crippen MR) is 104 cm³/mol. The summed E-state index contributed by atoms with van der Waals surface area (Å²) in [6, 6.07) is 3.59. The van der Waals surface area contributed by atoms with Gasteiger partial charge in [0.15, 0.2) is 0 Å². The van der Waals surface area contributed by atoms with Crippen LogP contribution >= 0.6 is 0 Å². The summed E-state index contributed by atoms with van der Waals surface area (Å²) in [6.45, 7) is 9.88. The summed E-state index contributed by atoms with van der Waals surface area (Å²) in [7, 11) is 0. The molecule has 0 radical (unpaired) electrons. The SMILES string of the molecule is C=CCN1CCN(c2ncnc3c2CCN(C(=O)c2cccnc2)C3)CC1. The van der Waals surface area contributed by atoms with Crippen LogP contribution in [0.4, 0.5) is 5.82 Å². The van der Waals surface area contributed by atoms with Crippen molar-refractivity contribution in [2.24, 2.45) is 0 Å². The molecular weight excluding hydrogens is 340 g/mol. The van der Waals surface area contributed by atoms with Gasteiger partial charge >= 0.3 is 0 Å². The normalized spacial score (nSPS) is 17.5. The van der Waals surface area contributed by atoms with E-state index in [1.807, 2.05) is 11.0 Å². The molecule has 0 spiro atoms. The highest BCUT2D eigenvalue weighted by atomic mass is 16.2. The second-order valence-electron chi connectivity index (χ2n) is 6.92. The maximum atomic E-state index is 12.7. The number of carbonyl (C=O) groups is 1. The van der Waals surface area contributed by atoms with Crippen molar-refractivity contribution in [2.75, 3.05) is 44.2 Å². The number of hydrogen-bond acceptors (Lipinski definition) is 6. The van der Waals surface area contributed by atoms with Gasteiger partial charge < -0.3 is 9.80 Å². The van der Waals surface area contributed by atoms with Crippen LogP contribution in [0.1, 0.15) is 21.6 Å². The van der Waals surface area contributed by atoms with Crippen molar-refractivity contribution in [3.63, 3.8) is 0 Å². The van der Waals surface area contributed by atoms with Gasteiger partial charge in [0.2, 0.25) is 0 Å². The quantitative estimate of drug-likeness (QED) is 0.764. The highest BCUT2D eigenvalue weighted by Crippen LogP contribution is 2.27. The van der Waals surface area contributed by atoms with Gasteiger partial charge in [-0.05, 0) is 18.6 Å². The van der Waals surface area contributed by atoms with E-state index >= 15 is 0 Å². The largest absolute Gasteiger partial charge is 0.354 e. The van der Waals surface area contributed by atoms with Crippen LogP contribution in [0, 0.1) is 0 Å². The van der Waals surface area contributed by atoms with Crippen LogP contribution in [0.15, 0.2) is 43.5 Å². The van der Waals surface area contributed by atoms with Crippen LogP contribution < -0.4 is 4.90 Å². The molecule has 1 amide bonds. The van der Waals surface area contributed by atoms with Gasteiger partial charge in [0, 0.05) is 57.2 Å². The van der Waals surface area contributed by atoms with Crippen LogP contribution in [-0.2, 0) is 13.0 Å². The Morgan fingerprint density at radius 2 is 2.04 bits per heavy atom. The zero-order valence-corrected chi connectivity index (χ0v) is 15.4. The maximum absolute atomic E-state index is 12.7. The molecule has 4 heterocycles. The van der Waals surface area contributed by atoms with E-state index < -0.39 is 0 Å². The zero-order valence-electron chi connectivity index (χ0n) is 15.4. The number of pyridine rings is 1. The lowest BCUT2D eigenvalue weighted by molar-refractivity contribution is 0.0731. The molecule has 0 N–H and O–H groups in total. The number of anilines is 1. The molecule has 0 atom stereocenters. The Balaban J connectivity index is 1.49. The Bertz CT molecular complexity index is 816. The van der Waals surface area contributed by atoms with E-state index in [4.69, 9.17) is 0 Å². The van der Waals surface area contributed by atoms with Gasteiger partial charge in [-0.2, -0.15) is 0 Å². The van der Waals surface area contributed by atoms with Gasteiger partial charge in [0.05, 0.1) is 17.8 Å². The van der Waals surface area contributed by atoms with E-state index in [1.54, 1.807) is 30.9 Å². The molecule has 0 saturated carbocycles. The van der Waals surface area contributed by atoms with E-state index in [-0.39, 0.29) is 5.91 Å². The number of nitrogens with zero attached hydrogens (tertiary/aromatic N) is 6.